The Kier molecular flexibility index (Phi) is 4.61. The van der Waals surface area contributed by atoms with Gasteiger partial charge in [-0.15, -0.1) is 0 Å². The molecule has 0 spiro atoms. The van der Waals surface area contributed by atoms with E-state index in [1.807, 2.05) is 25.1 Å². The lowest BCUT2D eigenvalue weighted by atomic mass is 10.3. The van der Waals surface area contributed by atoms with Crippen LogP contribution in [0.1, 0.15) is 12.8 Å². The quantitative estimate of drug-likeness (QED) is 0.681. The fourth-order valence-electron chi connectivity index (χ4n) is 2.11. The number of aromatic nitrogens is 2. The third-order valence-electron chi connectivity index (χ3n) is 3.30. The smallest absolute Gasteiger partial charge is 0.213 e. The van der Waals surface area contributed by atoms with Crippen molar-refractivity contribution in [2.75, 3.05) is 18.6 Å². The van der Waals surface area contributed by atoms with Gasteiger partial charge in [-0.3, -0.25) is 0 Å². The van der Waals surface area contributed by atoms with Gasteiger partial charge in [0.2, 0.25) is 5.89 Å². The van der Waals surface area contributed by atoms with Gasteiger partial charge in [0, 0.05) is 18.7 Å². The number of anilines is 1. The van der Waals surface area contributed by atoms with E-state index in [0.29, 0.717) is 24.0 Å². The second-order valence-corrected chi connectivity index (χ2v) is 6.41. The molecule has 3 aromatic rings. The van der Waals surface area contributed by atoms with Crippen molar-refractivity contribution in [2.45, 2.75) is 19.6 Å². The van der Waals surface area contributed by atoms with E-state index in [9.17, 15) is 0 Å². The van der Waals surface area contributed by atoms with Crippen LogP contribution in [-0.4, -0.2) is 29.7 Å². The van der Waals surface area contributed by atoms with E-state index in [1.165, 1.54) is 0 Å². The molecule has 1 aromatic carbocycles. The zero-order chi connectivity index (χ0) is 15.5. The third-order valence-corrected chi connectivity index (χ3v) is 4.63. The maximum atomic E-state index is 6.04. The fourth-order valence-corrected chi connectivity index (χ4v) is 3.23. The van der Waals surface area contributed by atoms with E-state index in [4.69, 9.17) is 20.8 Å². The van der Waals surface area contributed by atoms with Crippen molar-refractivity contribution in [1.29, 1.82) is 0 Å². The molecule has 0 fully saturated rings. The van der Waals surface area contributed by atoms with Gasteiger partial charge in [-0.05, 0) is 25.1 Å². The Morgan fingerprint density at radius 1 is 1.45 bits per heavy atom. The second kappa shape index (κ2) is 6.64. The molecule has 116 valence electrons. The van der Waals surface area contributed by atoms with Gasteiger partial charge in [-0.25, -0.2) is 9.97 Å². The number of halogens is 1. The van der Waals surface area contributed by atoms with E-state index < -0.39 is 0 Å². The molecule has 0 amide bonds. The Balaban J connectivity index is 1.91. The number of methoxy groups -OCH3 is 1. The van der Waals surface area contributed by atoms with Gasteiger partial charge >= 0.3 is 0 Å². The highest BCUT2D eigenvalue weighted by molar-refractivity contribution is 7.22. The number of hydrogen-bond donors (Lipinski definition) is 0. The number of nitrogens with zero attached hydrogens (tertiary/aromatic N) is 3. The van der Waals surface area contributed by atoms with Crippen molar-refractivity contribution < 1.29 is 9.15 Å². The monoisotopic (exact) mass is 337 g/mol. The predicted molar refractivity (Wildman–Crippen MR) is 88.7 cm³/mol. The topological polar surface area (TPSA) is 51.4 Å². The van der Waals surface area contributed by atoms with Gasteiger partial charge in [-0.2, -0.15) is 0 Å². The van der Waals surface area contributed by atoms with E-state index >= 15 is 0 Å². The summed E-state index contributed by atoms with van der Waals surface area (Å²) in [5.74, 6) is 0.653. The fraction of sp³-hybridized carbons (Fsp3) is 0.333. The molecule has 0 saturated carbocycles. The number of fused-ring (bicyclic) bond motifs is 1. The SMILES string of the molecule is CO[C@H](C)CN(Cc1ncco1)c1nc2cc(Cl)ccc2s1. The normalized spacial score (nSPS) is 12.7. The van der Waals surface area contributed by atoms with Crippen LogP contribution in [0.2, 0.25) is 5.02 Å². The van der Waals surface area contributed by atoms with Gasteiger partial charge < -0.3 is 14.1 Å². The average molecular weight is 338 g/mol. The van der Waals surface area contributed by atoms with Crippen LogP contribution in [0.4, 0.5) is 5.13 Å². The molecule has 0 N–H and O–H groups in total. The van der Waals surface area contributed by atoms with Gasteiger partial charge in [-0.1, -0.05) is 22.9 Å². The molecule has 2 heterocycles. The van der Waals surface area contributed by atoms with Crippen molar-refractivity contribution in [3.05, 3.63) is 41.6 Å². The maximum Gasteiger partial charge on any atom is 0.213 e. The summed E-state index contributed by atoms with van der Waals surface area (Å²) in [5, 5.41) is 1.59. The Morgan fingerprint density at radius 2 is 2.32 bits per heavy atom. The highest BCUT2D eigenvalue weighted by Crippen LogP contribution is 2.31. The Labute approximate surface area is 137 Å². The van der Waals surface area contributed by atoms with Crippen LogP contribution in [0.25, 0.3) is 10.2 Å². The first-order chi connectivity index (χ1) is 10.7. The van der Waals surface area contributed by atoms with E-state index in [1.54, 1.807) is 30.9 Å². The third kappa shape index (κ3) is 3.40. The Hall–Kier alpha value is -1.63. The van der Waals surface area contributed by atoms with Crippen LogP contribution in [-0.2, 0) is 11.3 Å². The number of hydrogen-bond acceptors (Lipinski definition) is 6. The molecule has 22 heavy (non-hydrogen) atoms. The van der Waals surface area contributed by atoms with E-state index in [-0.39, 0.29) is 6.10 Å². The predicted octanol–water partition coefficient (Wildman–Crippen LogP) is 3.98. The summed E-state index contributed by atoms with van der Waals surface area (Å²) < 4.78 is 11.8. The van der Waals surface area contributed by atoms with Crippen LogP contribution >= 0.6 is 22.9 Å². The lowest BCUT2D eigenvalue weighted by Crippen LogP contribution is -2.31. The lowest BCUT2D eigenvalue weighted by molar-refractivity contribution is 0.122. The summed E-state index contributed by atoms with van der Waals surface area (Å²) in [5.41, 5.74) is 0.898. The standard InChI is InChI=1S/C15H16ClN3O2S/c1-10(20-2)8-19(9-14-17-5-6-21-14)15-18-12-7-11(16)3-4-13(12)22-15/h3-7,10H,8-9H2,1-2H3/t10-/m1/s1. The number of thiazole rings is 1. The van der Waals surface area contributed by atoms with Gasteiger partial charge in [0.15, 0.2) is 5.13 Å². The largest absolute Gasteiger partial charge is 0.447 e. The summed E-state index contributed by atoms with van der Waals surface area (Å²) in [7, 11) is 1.70. The van der Waals surface area contributed by atoms with Crippen LogP contribution < -0.4 is 4.90 Å². The highest BCUT2D eigenvalue weighted by atomic mass is 35.5. The molecule has 0 unspecified atom stereocenters. The van der Waals surface area contributed by atoms with Crippen molar-refractivity contribution in [3.63, 3.8) is 0 Å². The Bertz CT molecular complexity index is 744. The van der Waals surface area contributed by atoms with Crippen LogP contribution in [0.5, 0.6) is 0 Å². The lowest BCUT2D eigenvalue weighted by Gasteiger charge is -2.23. The number of benzene rings is 1. The molecule has 0 aliphatic carbocycles. The number of oxazole rings is 1. The molecule has 2 aromatic heterocycles. The minimum Gasteiger partial charge on any atom is -0.447 e. The summed E-state index contributed by atoms with van der Waals surface area (Å²) in [6.45, 7) is 3.27. The zero-order valence-corrected chi connectivity index (χ0v) is 13.9. The van der Waals surface area contributed by atoms with Gasteiger partial charge in [0.05, 0.1) is 29.1 Å². The van der Waals surface area contributed by atoms with Crippen molar-refractivity contribution in [1.82, 2.24) is 9.97 Å². The molecule has 0 radical (unpaired) electrons. The van der Waals surface area contributed by atoms with Crippen LogP contribution in [0.3, 0.4) is 0 Å². The minimum atomic E-state index is 0.0746. The summed E-state index contributed by atoms with van der Waals surface area (Å²) >= 11 is 7.65. The first-order valence-corrected chi connectivity index (χ1v) is 8.07. The second-order valence-electron chi connectivity index (χ2n) is 4.96. The first-order valence-electron chi connectivity index (χ1n) is 6.88. The maximum absolute atomic E-state index is 6.04. The Morgan fingerprint density at radius 3 is 3.05 bits per heavy atom. The van der Waals surface area contributed by atoms with E-state index in [0.717, 1.165) is 15.3 Å². The number of rotatable bonds is 6. The molecular formula is C15H16ClN3O2S. The van der Waals surface area contributed by atoms with Crippen molar-refractivity contribution >= 4 is 38.3 Å². The molecule has 0 bridgehead atoms. The van der Waals surface area contributed by atoms with Crippen LogP contribution in [0, 0.1) is 0 Å². The molecule has 3 rings (SSSR count). The molecule has 0 aliphatic rings. The molecule has 0 aliphatic heterocycles. The first kappa shape index (κ1) is 15.3. The van der Waals surface area contributed by atoms with E-state index in [2.05, 4.69) is 14.9 Å². The molecular weight excluding hydrogens is 322 g/mol. The molecule has 1 atom stereocenters. The molecule has 0 saturated heterocycles. The molecule has 7 heteroatoms. The molecule has 5 nitrogen and oxygen atoms in total. The van der Waals surface area contributed by atoms with Crippen molar-refractivity contribution in [3.8, 4) is 0 Å². The average Bonchev–Trinajstić information content (AvgIpc) is 3.14. The number of ether oxygens (including phenoxy) is 1. The van der Waals surface area contributed by atoms with Gasteiger partial charge in [0.1, 0.15) is 6.26 Å². The summed E-state index contributed by atoms with van der Waals surface area (Å²) in [6.07, 6.45) is 3.29. The zero-order valence-electron chi connectivity index (χ0n) is 12.3. The van der Waals surface area contributed by atoms with Crippen LogP contribution in [0.15, 0.2) is 35.1 Å². The van der Waals surface area contributed by atoms with Crippen molar-refractivity contribution in [2.24, 2.45) is 0 Å². The van der Waals surface area contributed by atoms with Gasteiger partial charge in [0.25, 0.3) is 0 Å². The summed E-state index contributed by atoms with van der Waals surface area (Å²) in [4.78, 5) is 11.0. The summed E-state index contributed by atoms with van der Waals surface area (Å²) in [6, 6.07) is 5.74. The highest BCUT2D eigenvalue weighted by Gasteiger charge is 2.17. The minimum absolute atomic E-state index is 0.0746.